The summed E-state index contributed by atoms with van der Waals surface area (Å²) >= 11 is 0. The van der Waals surface area contributed by atoms with Gasteiger partial charge in [0.05, 0.1) is 6.54 Å². The Morgan fingerprint density at radius 2 is 2.00 bits per heavy atom. The highest BCUT2D eigenvalue weighted by molar-refractivity contribution is 5.90. The molecule has 2 amide bonds. The number of benzene rings is 1. The first-order valence-electron chi connectivity index (χ1n) is 6.33. The van der Waals surface area contributed by atoms with Gasteiger partial charge in [-0.1, -0.05) is 26.0 Å². The Morgan fingerprint density at radius 3 is 2.55 bits per heavy atom. The summed E-state index contributed by atoms with van der Waals surface area (Å²) in [6, 6.07) is 6.81. The van der Waals surface area contributed by atoms with Gasteiger partial charge < -0.3 is 20.8 Å². The molecule has 6 nitrogen and oxygen atoms in total. The first-order valence-corrected chi connectivity index (χ1v) is 6.33. The molecule has 0 saturated carbocycles. The van der Waals surface area contributed by atoms with Crippen LogP contribution in [0.25, 0.3) is 0 Å². The smallest absolute Gasteiger partial charge is 0.337 e. The lowest BCUT2D eigenvalue weighted by atomic mass is 10.0. The second-order valence-corrected chi connectivity index (χ2v) is 5.17. The van der Waals surface area contributed by atoms with Gasteiger partial charge in [0.2, 0.25) is 0 Å². The van der Waals surface area contributed by atoms with Crippen molar-refractivity contribution < 1.29 is 19.8 Å². The summed E-state index contributed by atoms with van der Waals surface area (Å²) in [7, 11) is 0. The Labute approximate surface area is 117 Å². The predicted octanol–water partition coefficient (Wildman–Crippen LogP) is 1.77. The lowest BCUT2D eigenvalue weighted by Gasteiger charge is -2.18. The fourth-order valence-electron chi connectivity index (χ4n) is 1.48. The number of aliphatic hydroxyl groups is 1. The van der Waals surface area contributed by atoms with Crippen LogP contribution in [-0.4, -0.2) is 34.4 Å². The number of urea groups is 1. The number of amides is 2. The van der Waals surface area contributed by atoms with Crippen molar-refractivity contribution in [1.82, 2.24) is 5.32 Å². The zero-order valence-corrected chi connectivity index (χ0v) is 11.8. The highest BCUT2D eigenvalue weighted by Gasteiger charge is 2.30. The molecule has 0 aromatic heterocycles. The summed E-state index contributed by atoms with van der Waals surface area (Å²) in [6.45, 7) is 4.83. The van der Waals surface area contributed by atoms with Gasteiger partial charge in [0, 0.05) is 5.69 Å². The third-order valence-corrected chi connectivity index (χ3v) is 2.87. The maximum Gasteiger partial charge on any atom is 0.337 e. The van der Waals surface area contributed by atoms with Crippen LogP contribution >= 0.6 is 0 Å². The van der Waals surface area contributed by atoms with Crippen LogP contribution in [0, 0.1) is 0 Å². The Hall–Kier alpha value is -2.08. The van der Waals surface area contributed by atoms with Gasteiger partial charge in [0.1, 0.15) is 0 Å². The molecule has 0 spiro atoms. The number of rotatable bonds is 5. The number of carbonyl (C=O) groups is 2. The maximum absolute atomic E-state index is 11.6. The van der Waals surface area contributed by atoms with Crippen LogP contribution in [0.3, 0.4) is 0 Å². The van der Waals surface area contributed by atoms with Gasteiger partial charge in [-0.2, -0.15) is 0 Å². The lowest BCUT2D eigenvalue weighted by molar-refractivity contribution is -0.155. The van der Waals surface area contributed by atoms with Crippen molar-refractivity contribution in [1.29, 1.82) is 0 Å². The molecule has 1 rings (SSSR count). The van der Waals surface area contributed by atoms with E-state index in [4.69, 9.17) is 5.11 Å². The molecule has 0 fully saturated rings. The van der Waals surface area contributed by atoms with Crippen molar-refractivity contribution in [3.63, 3.8) is 0 Å². The molecule has 4 N–H and O–H groups in total. The van der Waals surface area contributed by atoms with Crippen LogP contribution in [0.2, 0.25) is 0 Å². The highest BCUT2D eigenvalue weighted by Crippen LogP contribution is 2.18. The molecule has 0 saturated heterocycles. The molecule has 0 aliphatic heterocycles. The minimum atomic E-state index is -1.99. The van der Waals surface area contributed by atoms with Gasteiger partial charge in [0.25, 0.3) is 0 Å². The normalized spacial score (nSPS) is 13.7. The van der Waals surface area contributed by atoms with Crippen molar-refractivity contribution in [2.75, 3.05) is 11.9 Å². The van der Waals surface area contributed by atoms with E-state index in [0.29, 0.717) is 11.6 Å². The van der Waals surface area contributed by atoms with Crippen LogP contribution in [-0.2, 0) is 4.79 Å². The molecule has 1 aromatic carbocycles. The third-order valence-electron chi connectivity index (χ3n) is 2.87. The zero-order chi connectivity index (χ0) is 15.3. The maximum atomic E-state index is 11.6. The Kier molecular flexibility index (Phi) is 5.10. The average Bonchev–Trinajstić information content (AvgIpc) is 2.36. The highest BCUT2D eigenvalue weighted by atomic mass is 16.4. The summed E-state index contributed by atoms with van der Waals surface area (Å²) < 4.78 is 0. The van der Waals surface area contributed by atoms with Crippen molar-refractivity contribution in [2.45, 2.75) is 32.3 Å². The minimum Gasteiger partial charge on any atom is -0.479 e. The van der Waals surface area contributed by atoms with Crippen molar-refractivity contribution in [3.05, 3.63) is 29.8 Å². The van der Waals surface area contributed by atoms with Gasteiger partial charge in [-0.15, -0.1) is 0 Å². The molecule has 1 aromatic rings. The fraction of sp³-hybridized carbons (Fsp3) is 0.429. The first kappa shape index (κ1) is 16.0. The minimum absolute atomic E-state index is 0.340. The number of hydrogen-bond acceptors (Lipinski definition) is 3. The third kappa shape index (κ3) is 4.55. The van der Waals surface area contributed by atoms with Crippen molar-refractivity contribution in [3.8, 4) is 0 Å². The Balaban J connectivity index is 2.59. The number of carboxylic acid groups (broad SMARTS) is 1. The van der Waals surface area contributed by atoms with E-state index in [2.05, 4.69) is 10.6 Å². The molecule has 0 bridgehead atoms. The number of hydrogen-bond donors (Lipinski definition) is 4. The molecular formula is C14H20N2O4. The topological polar surface area (TPSA) is 98.7 Å². The predicted molar refractivity (Wildman–Crippen MR) is 75.8 cm³/mol. The second kappa shape index (κ2) is 6.38. The molecule has 1 unspecified atom stereocenters. The van der Waals surface area contributed by atoms with E-state index in [-0.39, 0.29) is 6.54 Å². The van der Waals surface area contributed by atoms with Crippen LogP contribution in [0.15, 0.2) is 24.3 Å². The molecule has 0 radical (unpaired) electrons. The molecule has 0 heterocycles. The summed E-state index contributed by atoms with van der Waals surface area (Å²) in [4.78, 5) is 22.3. The number of aliphatic carboxylic acids is 1. The first-order chi connectivity index (χ1) is 9.22. The van der Waals surface area contributed by atoms with E-state index < -0.39 is 17.6 Å². The summed E-state index contributed by atoms with van der Waals surface area (Å²) in [5.74, 6) is -1.05. The second-order valence-electron chi connectivity index (χ2n) is 5.17. The van der Waals surface area contributed by atoms with Gasteiger partial charge >= 0.3 is 12.0 Å². The van der Waals surface area contributed by atoms with Crippen LogP contribution in [0.5, 0.6) is 0 Å². The van der Waals surface area contributed by atoms with E-state index in [9.17, 15) is 14.7 Å². The van der Waals surface area contributed by atoms with Gasteiger partial charge in [-0.25, -0.2) is 9.59 Å². The number of carboxylic acids is 1. The average molecular weight is 280 g/mol. The fourth-order valence-corrected chi connectivity index (χ4v) is 1.48. The number of nitrogens with one attached hydrogen (secondary N) is 2. The molecule has 1 atom stereocenters. The molecule has 6 heteroatoms. The van der Waals surface area contributed by atoms with E-state index in [1.807, 2.05) is 32.0 Å². The number of anilines is 1. The molecule has 110 valence electrons. The summed E-state index contributed by atoms with van der Waals surface area (Å²) in [6.07, 6.45) is 0. The quantitative estimate of drug-likeness (QED) is 0.660. The van der Waals surface area contributed by atoms with Crippen LogP contribution in [0.4, 0.5) is 10.5 Å². The Bertz CT molecular complexity index is 498. The monoisotopic (exact) mass is 280 g/mol. The molecular weight excluding hydrogens is 260 g/mol. The van der Waals surface area contributed by atoms with E-state index in [1.165, 1.54) is 0 Å². The van der Waals surface area contributed by atoms with Crippen molar-refractivity contribution in [2.24, 2.45) is 0 Å². The summed E-state index contributed by atoms with van der Waals surface area (Å²) in [5, 5.41) is 23.1. The lowest BCUT2D eigenvalue weighted by Crippen LogP contribution is -2.47. The van der Waals surface area contributed by atoms with Gasteiger partial charge in [0.15, 0.2) is 5.60 Å². The zero-order valence-electron chi connectivity index (χ0n) is 11.8. The van der Waals surface area contributed by atoms with E-state index >= 15 is 0 Å². The summed E-state index contributed by atoms with van der Waals surface area (Å²) in [5.41, 5.74) is -0.291. The van der Waals surface area contributed by atoms with E-state index in [1.54, 1.807) is 6.07 Å². The Morgan fingerprint density at radius 1 is 1.35 bits per heavy atom. The molecule has 0 aliphatic carbocycles. The standard InChI is InChI=1S/C14H20N2O4/c1-9(2)10-5-4-6-11(7-10)16-13(19)15-8-14(3,20)12(17)18/h4-7,9,20H,8H2,1-3H3,(H,17,18)(H2,15,16,19). The van der Waals surface area contributed by atoms with Gasteiger partial charge in [-0.3, -0.25) is 0 Å². The van der Waals surface area contributed by atoms with Crippen LogP contribution in [0.1, 0.15) is 32.3 Å². The van der Waals surface area contributed by atoms with Gasteiger partial charge in [-0.05, 0) is 30.5 Å². The van der Waals surface area contributed by atoms with E-state index in [0.717, 1.165) is 12.5 Å². The van der Waals surface area contributed by atoms with Crippen molar-refractivity contribution >= 4 is 17.7 Å². The van der Waals surface area contributed by atoms with Crippen LogP contribution < -0.4 is 10.6 Å². The largest absolute Gasteiger partial charge is 0.479 e. The SMILES string of the molecule is CC(C)c1cccc(NC(=O)NCC(C)(O)C(=O)O)c1. The molecule has 0 aliphatic rings. The molecule has 20 heavy (non-hydrogen) atoms. The number of carbonyl (C=O) groups excluding carboxylic acids is 1.